The summed E-state index contributed by atoms with van der Waals surface area (Å²) in [6.45, 7) is 2.24. The number of amides is 2. The van der Waals surface area contributed by atoms with Gasteiger partial charge in [0.25, 0.3) is 0 Å². The molecule has 1 saturated heterocycles. The zero-order chi connectivity index (χ0) is 17.9. The first-order chi connectivity index (χ1) is 12.0. The molecule has 1 heterocycles. The number of hydrogen-bond acceptors (Lipinski definition) is 4. The number of benzene rings is 1. The zero-order valence-corrected chi connectivity index (χ0v) is 15.3. The number of anilines is 2. The van der Waals surface area contributed by atoms with Crippen molar-refractivity contribution in [3.05, 3.63) is 24.3 Å². The number of urea groups is 1. The van der Waals surface area contributed by atoms with E-state index in [9.17, 15) is 9.90 Å². The summed E-state index contributed by atoms with van der Waals surface area (Å²) in [7, 11) is 4.08. The number of carbonyl (C=O) groups is 1. The van der Waals surface area contributed by atoms with Crippen LogP contribution in [0.3, 0.4) is 0 Å². The maximum absolute atomic E-state index is 12.0. The van der Waals surface area contributed by atoms with Gasteiger partial charge < -0.3 is 25.5 Å². The minimum Gasteiger partial charge on any atom is -0.388 e. The average molecular weight is 346 g/mol. The monoisotopic (exact) mass is 346 g/mol. The predicted octanol–water partition coefficient (Wildman–Crippen LogP) is 1.94. The SMILES string of the molecule is CN(C)c1ccc(N2CCC(NC(=O)NCC3(O)CCC3)CC2)cc1. The normalized spacial score (nSPS) is 19.9. The lowest BCUT2D eigenvalue weighted by Crippen LogP contribution is -2.53. The van der Waals surface area contributed by atoms with Crippen LogP contribution in [0.1, 0.15) is 32.1 Å². The van der Waals surface area contributed by atoms with Crippen molar-refractivity contribution in [3.8, 4) is 0 Å². The van der Waals surface area contributed by atoms with E-state index < -0.39 is 5.60 Å². The lowest BCUT2D eigenvalue weighted by molar-refractivity contribution is -0.0290. The van der Waals surface area contributed by atoms with Crippen LogP contribution in [0, 0.1) is 0 Å². The minimum atomic E-state index is -0.667. The molecule has 0 aromatic heterocycles. The Kier molecular flexibility index (Phi) is 5.37. The summed E-state index contributed by atoms with van der Waals surface area (Å²) in [4.78, 5) is 16.5. The standard InChI is InChI=1S/C19H30N4O2/c1-22(2)16-4-6-17(7-5-16)23-12-8-15(9-13-23)21-18(24)20-14-19(25)10-3-11-19/h4-7,15,25H,3,8-14H2,1-2H3,(H2,20,21,24). The quantitative estimate of drug-likeness (QED) is 0.762. The van der Waals surface area contributed by atoms with Crippen LogP contribution < -0.4 is 20.4 Å². The van der Waals surface area contributed by atoms with E-state index >= 15 is 0 Å². The van der Waals surface area contributed by atoms with Crippen molar-refractivity contribution in [2.75, 3.05) is 43.5 Å². The fourth-order valence-corrected chi connectivity index (χ4v) is 3.49. The number of nitrogens with zero attached hydrogens (tertiary/aromatic N) is 2. The molecule has 1 aromatic rings. The van der Waals surface area contributed by atoms with Gasteiger partial charge in [-0.2, -0.15) is 0 Å². The molecule has 2 aliphatic rings. The van der Waals surface area contributed by atoms with Gasteiger partial charge in [0.2, 0.25) is 0 Å². The van der Waals surface area contributed by atoms with E-state index in [-0.39, 0.29) is 12.1 Å². The number of aliphatic hydroxyl groups is 1. The van der Waals surface area contributed by atoms with Crippen molar-refractivity contribution in [3.63, 3.8) is 0 Å². The minimum absolute atomic E-state index is 0.158. The van der Waals surface area contributed by atoms with Gasteiger partial charge in [-0.25, -0.2) is 4.79 Å². The van der Waals surface area contributed by atoms with Crippen LogP contribution in [0.25, 0.3) is 0 Å². The average Bonchev–Trinajstić information content (AvgIpc) is 2.59. The molecule has 3 rings (SSSR count). The summed E-state index contributed by atoms with van der Waals surface area (Å²) in [5.41, 5.74) is 1.77. The number of nitrogens with one attached hydrogen (secondary N) is 2. The van der Waals surface area contributed by atoms with Gasteiger partial charge in [0, 0.05) is 51.1 Å². The highest BCUT2D eigenvalue weighted by Gasteiger charge is 2.34. The molecule has 138 valence electrons. The first-order valence-corrected chi connectivity index (χ1v) is 9.24. The summed E-state index contributed by atoms with van der Waals surface area (Å²) in [5.74, 6) is 0. The van der Waals surface area contributed by atoms with Crippen LogP contribution >= 0.6 is 0 Å². The molecule has 1 saturated carbocycles. The van der Waals surface area contributed by atoms with E-state index in [1.54, 1.807) is 0 Å². The molecule has 0 radical (unpaired) electrons. The van der Waals surface area contributed by atoms with Gasteiger partial charge in [0.15, 0.2) is 0 Å². The highest BCUT2D eigenvalue weighted by molar-refractivity contribution is 5.74. The lowest BCUT2D eigenvalue weighted by atomic mass is 9.80. The molecular weight excluding hydrogens is 316 g/mol. The Bertz CT molecular complexity index is 576. The summed E-state index contributed by atoms with van der Waals surface area (Å²) in [6.07, 6.45) is 4.50. The molecule has 1 aliphatic carbocycles. The van der Waals surface area contributed by atoms with Crippen molar-refractivity contribution >= 4 is 17.4 Å². The Morgan fingerprint density at radius 1 is 1.24 bits per heavy atom. The van der Waals surface area contributed by atoms with Gasteiger partial charge in [-0.3, -0.25) is 0 Å². The summed E-state index contributed by atoms with van der Waals surface area (Å²) < 4.78 is 0. The van der Waals surface area contributed by atoms with E-state index in [0.717, 1.165) is 45.2 Å². The fraction of sp³-hybridized carbons (Fsp3) is 0.632. The van der Waals surface area contributed by atoms with Crippen LogP contribution in [-0.2, 0) is 0 Å². The van der Waals surface area contributed by atoms with Crippen LogP contribution in [0.15, 0.2) is 24.3 Å². The molecule has 0 unspecified atom stereocenters. The molecule has 0 bridgehead atoms. The zero-order valence-electron chi connectivity index (χ0n) is 15.3. The Hall–Kier alpha value is -1.95. The maximum Gasteiger partial charge on any atom is 0.315 e. The number of rotatable bonds is 5. The smallest absolute Gasteiger partial charge is 0.315 e. The molecule has 2 amide bonds. The molecule has 0 atom stereocenters. The van der Waals surface area contributed by atoms with Gasteiger partial charge in [0.05, 0.1) is 5.60 Å². The molecule has 6 heteroatoms. The second-order valence-corrected chi connectivity index (χ2v) is 7.58. The van der Waals surface area contributed by atoms with Gasteiger partial charge in [-0.1, -0.05) is 0 Å². The van der Waals surface area contributed by atoms with Gasteiger partial charge in [0.1, 0.15) is 0 Å². The first kappa shape index (κ1) is 17.9. The van der Waals surface area contributed by atoms with Gasteiger partial charge in [-0.05, 0) is 56.4 Å². The second kappa shape index (κ2) is 7.52. The van der Waals surface area contributed by atoms with Crippen LogP contribution in [0.2, 0.25) is 0 Å². The predicted molar refractivity (Wildman–Crippen MR) is 101 cm³/mol. The fourth-order valence-electron chi connectivity index (χ4n) is 3.49. The van der Waals surface area contributed by atoms with E-state index in [4.69, 9.17) is 0 Å². The van der Waals surface area contributed by atoms with E-state index in [2.05, 4.69) is 44.7 Å². The summed E-state index contributed by atoms with van der Waals surface area (Å²) in [5, 5.41) is 15.9. The third kappa shape index (κ3) is 4.57. The topological polar surface area (TPSA) is 67.8 Å². The first-order valence-electron chi connectivity index (χ1n) is 9.24. The van der Waals surface area contributed by atoms with Gasteiger partial charge in [-0.15, -0.1) is 0 Å². The summed E-state index contributed by atoms with van der Waals surface area (Å²) in [6, 6.07) is 8.64. The van der Waals surface area contributed by atoms with Crippen molar-refractivity contribution < 1.29 is 9.90 Å². The third-order valence-electron chi connectivity index (χ3n) is 5.42. The maximum atomic E-state index is 12.0. The van der Waals surface area contributed by atoms with E-state index in [1.807, 2.05) is 14.1 Å². The second-order valence-electron chi connectivity index (χ2n) is 7.58. The third-order valence-corrected chi connectivity index (χ3v) is 5.42. The van der Waals surface area contributed by atoms with Crippen molar-refractivity contribution in [1.29, 1.82) is 0 Å². The number of carbonyl (C=O) groups excluding carboxylic acids is 1. The highest BCUT2D eigenvalue weighted by atomic mass is 16.3. The molecular formula is C19H30N4O2. The Balaban J connectivity index is 1.41. The van der Waals surface area contributed by atoms with Crippen LogP contribution in [-0.4, -0.2) is 56.5 Å². The Morgan fingerprint density at radius 2 is 1.88 bits per heavy atom. The molecule has 3 N–H and O–H groups in total. The van der Waals surface area contributed by atoms with Crippen molar-refractivity contribution in [2.45, 2.75) is 43.7 Å². The molecule has 1 aliphatic heterocycles. The molecule has 2 fully saturated rings. The molecule has 0 spiro atoms. The highest BCUT2D eigenvalue weighted by Crippen LogP contribution is 2.30. The Labute approximate surface area is 150 Å². The van der Waals surface area contributed by atoms with Crippen molar-refractivity contribution in [2.24, 2.45) is 0 Å². The summed E-state index contributed by atoms with van der Waals surface area (Å²) >= 11 is 0. The lowest BCUT2D eigenvalue weighted by Gasteiger charge is -2.37. The molecule has 1 aromatic carbocycles. The molecule has 25 heavy (non-hydrogen) atoms. The Morgan fingerprint density at radius 3 is 2.40 bits per heavy atom. The van der Waals surface area contributed by atoms with E-state index in [0.29, 0.717) is 6.54 Å². The van der Waals surface area contributed by atoms with Crippen LogP contribution in [0.4, 0.5) is 16.2 Å². The van der Waals surface area contributed by atoms with E-state index in [1.165, 1.54) is 11.4 Å². The van der Waals surface area contributed by atoms with Crippen LogP contribution in [0.5, 0.6) is 0 Å². The molecule has 6 nitrogen and oxygen atoms in total. The number of piperidine rings is 1. The van der Waals surface area contributed by atoms with Gasteiger partial charge >= 0.3 is 6.03 Å². The largest absolute Gasteiger partial charge is 0.388 e. The van der Waals surface area contributed by atoms with Crippen molar-refractivity contribution in [1.82, 2.24) is 10.6 Å². The number of hydrogen-bond donors (Lipinski definition) is 3.